The van der Waals surface area contributed by atoms with E-state index in [-0.39, 0.29) is 18.9 Å². The van der Waals surface area contributed by atoms with E-state index in [9.17, 15) is 27.9 Å². The molecule has 4 rings (SSSR count). The average molecular weight is 546 g/mol. The Morgan fingerprint density at radius 3 is 2.29 bits per heavy atom. The van der Waals surface area contributed by atoms with Crippen LogP contribution in [0.4, 0.5) is 19.0 Å². The summed E-state index contributed by atoms with van der Waals surface area (Å²) < 4.78 is 39.2. The molecule has 0 bridgehead atoms. The first-order valence-corrected chi connectivity index (χ1v) is 12.6. The molecular formula is C28H27ClF3N3O3. The van der Waals surface area contributed by atoms with Gasteiger partial charge in [-0.15, -0.1) is 0 Å². The van der Waals surface area contributed by atoms with Crippen molar-refractivity contribution in [2.24, 2.45) is 5.92 Å². The van der Waals surface area contributed by atoms with Gasteiger partial charge in [-0.25, -0.2) is 4.98 Å². The molecule has 38 heavy (non-hydrogen) atoms. The molecule has 0 aliphatic carbocycles. The number of likely N-dealkylation sites (tertiary alicyclic amines) is 1. The number of carbonyl (C=O) groups is 2. The Labute approximate surface area is 223 Å². The Bertz CT molecular complexity index is 1250. The van der Waals surface area contributed by atoms with Crippen LogP contribution in [0.1, 0.15) is 47.6 Å². The molecule has 1 aromatic heterocycles. The van der Waals surface area contributed by atoms with Crippen LogP contribution in [0.3, 0.4) is 0 Å². The van der Waals surface area contributed by atoms with Crippen molar-refractivity contribution < 1.29 is 27.9 Å². The van der Waals surface area contributed by atoms with E-state index in [0.717, 1.165) is 11.1 Å². The number of nitrogens with zero attached hydrogens (tertiary/aromatic N) is 2. The molecule has 0 saturated carbocycles. The van der Waals surface area contributed by atoms with E-state index in [4.69, 9.17) is 11.6 Å². The molecule has 1 aliphatic heterocycles. The first-order chi connectivity index (χ1) is 18.1. The summed E-state index contributed by atoms with van der Waals surface area (Å²) >= 11 is 5.95. The molecule has 1 amide bonds. The highest BCUT2D eigenvalue weighted by atomic mass is 35.5. The highest BCUT2D eigenvalue weighted by Crippen LogP contribution is 2.31. The van der Waals surface area contributed by atoms with Crippen LogP contribution in [-0.4, -0.2) is 46.1 Å². The minimum absolute atomic E-state index is 0.139. The number of aliphatic carboxylic acids is 1. The van der Waals surface area contributed by atoms with Gasteiger partial charge in [0.15, 0.2) is 0 Å². The normalized spacial score (nSPS) is 16.6. The van der Waals surface area contributed by atoms with Gasteiger partial charge in [0.05, 0.1) is 17.5 Å². The molecule has 1 aliphatic rings. The Morgan fingerprint density at radius 1 is 1.05 bits per heavy atom. The number of carbonyl (C=O) groups excluding carboxylic acids is 1. The van der Waals surface area contributed by atoms with Crippen LogP contribution in [0.2, 0.25) is 5.02 Å². The van der Waals surface area contributed by atoms with E-state index >= 15 is 0 Å². The van der Waals surface area contributed by atoms with Crippen molar-refractivity contribution in [3.8, 4) is 11.1 Å². The van der Waals surface area contributed by atoms with E-state index in [1.807, 2.05) is 24.3 Å². The minimum Gasteiger partial charge on any atom is -0.481 e. The van der Waals surface area contributed by atoms with Gasteiger partial charge < -0.3 is 15.3 Å². The number of piperidine rings is 1. The van der Waals surface area contributed by atoms with Gasteiger partial charge in [-0.05, 0) is 60.2 Å². The van der Waals surface area contributed by atoms with Gasteiger partial charge >= 0.3 is 12.1 Å². The second-order valence-corrected chi connectivity index (χ2v) is 9.78. The van der Waals surface area contributed by atoms with Gasteiger partial charge in [-0.1, -0.05) is 48.0 Å². The number of nitrogens with one attached hydrogen (secondary N) is 1. The molecule has 3 aromatic rings. The molecule has 0 radical (unpaired) electrons. The maximum Gasteiger partial charge on any atom is 0.389 e. The fraction of sp³-hybridized carbons (Fsp3) is 0.321. The lowest BCUT2D eigenvalue weighted by molar-refractivity contribution is -0.143. The third-order valence-electron chi connectivity index (χ3n) is 6.60. The molecule has 200 valence electrons. The van der Waals surface area contributed by atoms with E-state index in [1.165, 1.54) is 11.1 Å². The van der Waals surface area contributed by atoms with Crippen molar-refractivity contribution >= 4 is 29.3 Å². The number of aromatic nitrogens is 1. The largest absolute Gasteiger partial charge is 0.481 e. The van der Waals surface area contributed by atoms with Crippen molar-refractivity contribution in [2.45, 2.75) is 37.9 Å². The first-order valence-electron chi connectivity index (χ1n) is 12.3. The van der Waals surface area contributed by atoms with Crippen LogP contribution in [0.25, 0.3) is 11.1 Å². The minimum atomic E-state index is -4.31. The van der Waals surface area contributed by atoms with E-state index in [1.54, 1.807) is 36.4 Å². The summed E-state index contributed by atoms with van der Waals surface area (Å²) in [5.41, 5.74) is 2.80. The quantitative estimate of drug-likeness (QED) is 0.324. The number of alkyl halides is 3. The lowest BCUT2D eigenvalue weighted by atomic mass is 9.97. The zero-order chi connectivity index (χ0) is 27.3. The predicted molar refractivity (Wildman–Crippen MR) is 139 cm³/mol. The average Bonchev–Trinajstić information content (AvgIpc) is 2.91. The number of hydrogen-bond acceptors (Lipinski definition) is 4. The van der Waals surface area contributed by atoms with Crippen molar-refractivity contribution in [1.82, 2.24) is 9.88 Å². The molecule has 1 unspecified atom stereocenters. The van der Waals surface area contributed by atoms with E-state index < -0.39 is 30.5 Å². The van der Waals surface area contributed by atoms with Crippen LogP contribution in [0.15, 0.2) is 66.9 Å². The lowest BCUT2D eigenvalue weighted by Crippen LogP contribution is -2.42. The molecule has 1 fully saturated rings. The van der Waals surface area contributed by atoms with Crippen molar-refractivity contribution in [3.05, 3.63) is 83.0 Å². The summed E-state index contributed by atoms with van der Waals surface area (Å²) in [6.45, 7) is 0.605. The number of anilines is 1. The number of hydrogen-bond donors (Lipinski definition) is 2. The van der Waals surface area contributed by atoms with Gasteiger partial charge in [-0.2, -0.15) is 13.2 Å². The second-order valence-electron chi connectivity index (χ2n) is 9.34. The Hall–Kier alpha value is -3.59. The summed E-state index contributed by atoms with van der Waals surface area (Å²) in [7, 11) is 0. The van der Waals surface area contributed by atoms with Crippen LogP contribution < -0.4 is 5.32 Å². The number of halogens is 4. The Balaban J connectivity index is 1.48. The van der Waals surface area contributed by atoms with E-state index in [0.29, 0.717) is 41.4 Å². The van der Waals surface area contributed by atoms with Gasteiger partial charge in [0.2, 0.25) is 0 Å². The monoisotopic (exact) mass is 545 g/mol. The van der Waals surface area contributed by atoms with Gasteiger partial charge in [0.25, 0.3) is 5.91 Å². The maximum absolute atomic E-state index is 13.1. The van der Waals surface area contributed by atoms with Crippen LogP contribution >= 0.6 is 11.6 Å². The van der Waals surface area contributed by atoms with Crippen LogP contribution in [-0.2, 0) is 4.79 Å². The molecule has 0 spiro atoms. The maximum atomic E-state index is 13.1. The van der Waals surface area contributed by atoms with Gasteiger partial charge in [-0.3, -0.25) is 9.59 Å². The number of pyridine rings is 1. The number of amides is 1. The lowest BCUT2D eigenvalue weighted by Gasteiger charge is -2.30. The molecular weight excluding hydrogens is 519 g/mol. The smallest absolute Gasteiger partial charge is 0.389 e. The first kappa shape index (κ1) is 27.4. The van der Waals surface area contributed by atoms with Crippen molar-refractivity contribution in [1.29, 1.82) is 0 Å². The van der Waals surface area contributed by atoms with Crippen molar-refractivity contribution in [2.75, 3.05) is 18.4 Å². The molecule has 10 heteroatoms. The summed E-state index contributed by atoms with van der Waals surface area (Å²) in [4.78, 5) is 29.9. The summed E-state index contributed by atoms with van der Waals surface area (Å²) in [6.07, 6.45) is -2.99. The SMILES string of the molecule is O=C(O)[C@@H]1CCCN(C(=O)c2ccc(NC(CCC(F)(F)F)c3ccc(-c4ccc(Cl)cc4)cc3)nc2)C1. The number of benzene rings is 2. The fourth-order valence-corrected chi connectivity index (χ4v) is 4.64. The number of rotatable bonds is 8. The molecule has 1 saturated heterocycles. The third kappa shape index (κ3) is 7.25. The van der Waals surface area contributed by atoms with E-state index in [2.05, 4.69) is 10.3 Å². The Morgan fingerprint density at radius 2 is 1.71 bits per heavy atom. The zero-order valence-electron chi connectivity index (χ0n) is 20.4. The van der Waals surface area contributed by atoms with Crippen LogP contribution in [0.5, 0.6) is 0 Å². The fourth-order valence-electron chi connectivity index (χ4n) is 4.51. The Kier molecular flexibility index (Phi) is 8.56. The molecule has 6 nitrogen and oxygen atoms in total. The second kappa shape index (κ2) is 11.9. The van der Waals surface area contributed by atoms with Crippen molar-refractivity contribution in [3.63, 3.8) is 0 Å². The number of carboxylic acids is 1. The highest BCUT2D eigenvalue weighted by molar-refractivity contribution is 6.30. The standard InChI is InChI=1S/C28H27ClF3N3O3/c29-23-10-7-19(8-11-23)18-3-5-20(6-4-18)24(13-14-28(30,31)32)34-25-12-9-21(16-33-25)26(36)35-15-1-2-22(17-35)27(37)38/h3-12,16,22,24H,1-2,13-15,17H2,(H,33,34)(H,37,38)/t22-,24?/m1/s1. The molecule has 2 heterocycles. The third-order valence-corrected chi connectivity index (χ3v) is 6.85. The van der Waals surface area contributed by atoms with Crippen LogP contribution in [0, 0.1) is 5.92 Å². The summed E-state index contributed by atoms with van der Waals surface area (Å²) in [6, 6.07) is 17.0. The predicted octanol–water partition coefficient (Wildman–Crippen LogP) is 6.83. The molecule has 2 atom stereocenters. The van der Waals surface area contributed by atoms with Gasteiger partial charge in [0.1, 0.15) is 5.82 Å². The summed E-state index contributed by atoms with van der Waals surface area (Å²) in [5.74, 6) is -1.51. The zero-order valence-corrected chi connectivity index (χ0v) is 21.2. The number of carboxylic acid groups (broad SMARTS) is 1. The summed E-state index contributed by atoms with van der Waals surface area (Å²) in [5, 5.41) is 13.0. The van der Waals surface area contributed by atoms with Gasteiger partial charge in [0, 0.05) is 30.7 Å². The highest BCUT2D eigenvalue weighted by Gasteiger charge is 2.30. The topological polar surface area (TPSA) is 82.5 Å². The molecule has 2 N–H and O–H groups in total. The molecule has 2 aromatic carbocycles.